The number of aromatic nitrogens is 1. The Morgan fingerprint density at radius 1 is 0.583 bits per heavy atom. The van der Waals surface area contributed by atoms with E-state index >= 15 is 0 Å². The Hall–Kier alpha value is -6.64. The summed E-state index contributed by atoms with van der Waals surface area (Å²) in [5.41, 5.74) is -1.77. The third-order valence-electron chi connectivity index (χ3n) is 16.5. The zero-order valence-electron chi connectivity index (χ0n) is 51.1. The molecule has 0 radical (unpaired) electrons. The standard InChI is InChI=1S/C65H89N9O8S2/c1-11-19-26-47(15-5)41-72(42-48(16-6)27-20-12-2)83(79,80)55-34-24-31-52(37-55)68-70-60-45(9)57(39-66)62(75)59(63(60)76)51-30-23-33-54(36-51)74-64(77)58(40-67)46(10)61(65(74)78)71-69-53-32-25-35-56(38-53)84(81,82)73(43-49(17-7)28-21-13-3)44-50(18-8)29-22-14-4/h23-25,30-38,47-50,59,76,78H,11-22,26-29,41-44H2,1-10H3/b70-68+,71-69+. The van der Waals surface area contributed by atoms with Crippen molar-refractivity contribution in [1.29, 1.82) is 10.5 Å². The van der Waals surface area contributed by atoms with Gasteiger partial charge in [-0.25, -0.2) is 21.4 Å². The number of nitriles is 2. The number of Topliss-reactive ketones (excluding diaryl/α,β-unsaturated/α-hetero) is 1. The second-order valence-corrected chi connectivity index (χ2v) is 26.2. The van der Waals surface area contributed by atoms with Crippen LogP contribution in [0.3, 0.4) is 0 Å². The number of carbonyl (C=O) groups is 1. The highest BCUT2D eigenvalue weighted by atomic mass is 32.2. The first-order valence-corrected chi connectivity index (χ1v) is 33.2. The van der Waals surface area contributed by atoms with Crippen LogP contribution < -0.4 is 5.56 Å². The number of aliphatic hydroxyl groups excluding tert-OH is 1. The number of sulfonamides is 2. The molecule has 2 N–H and O–H groups in total. The van der Waals surface area contributed by atoms with E-state index in [1.54, 1.807) is 32.9 Å². The normalized spacial score (nSPS) is 15.8. The van der Waals surface area contributed by atoms with E-state index in [0.29, 0.717) is 26.2 Å². The number of carbonyl (C=O) groups excluding carboxylic acids is 1. The van der Waals surface area contributed by atoms with Crippen LogP contribution in [0, 0.1) is 53.3 Å². The summed E-state index contributed by atoms with van der Waals surface area (Å²) < 4.78 is 62.5. The van der Waals surface area contributed by atoms with Gasteiger partial charge in [-0.3, -0.25) is 9.59 Å². The van der Waals surface area contributed by atoms with Crippen LogP contribution in [-0.4, -0.2) is 72.2 Å². The quantitative estimate of drug-likeness (QED) is 0.0418. The van der Waals surface area contributed by atoms with Crippen molar-refractivity contribution >= 4 is 42.9 Å². The van der Waals surface area contributed by atoms with Crippen molar-refractivity contribution in [3.63, 3.8) is 0 Å². The summed E-state index contributed by atoms with van der Waals surface area (Å²) >= 11 is 0. The number of hydrogen-bond donors (Lipinski definition) is 2. The molecule has 19 heteroatoms. The minimum Gasteiger partial charge on any atom is -0.509 e. The Bertz CT molecular complexity index is 3370. The molecule has 454 valence electrons. The zero-order chi connectivity index (χ0) is 61.7. The summed E-state index contributed by atoms with van der Waals surface area (Å²) in [5.74, 6) is -2.92. The molecular weight excluding hydrogens is 1100 g/mol. The molecule has 1 heterocycles. The minimum absolute atomic E-state index is 0.000613. The second kappa shape index (κ2) is 32.6. The summed E-state index contributed by atoms with van der Waals surface area (Å²) in [5, 5.41) is 62.0. The van der Waals surface area contributed by atoms with Crippen molar-refractivity contribution in [2.75, 3.05) is 26.2 Å². The van der Waals surface area contributed by atoms with Gasteiger partial charge in [-0.1, -0.05) is 157 Å². The Balaban J connectivity index is 1.54. The van der Waals surface area contributed by atoms with Crippen LogP contribution in [0.25, 0.3) is 5.69 Å². The first-order chi connectivity index (χ1) is 40.2. The topological polar surface area (TPSA) is 251 Å². The number of benzene rings is 3. The molecule has 4 aromatic rings. The molecule has 5 unspecified atom stereocenters. The zero-order valence-corrected chi connectivity index (χ0v) is 52.8. The predicted molar refractivity (Wildman–Crippen MR) is 331 cm³/mol. The fourth-order valence-electron chi connectivity index (χ4n) is 10.9. The van der Waals surface area contributed by atoms with Crippen molar-refractivity contribution in [2.45, 2.75) is 188 Å². The number of pyridine rings is 1. The largest absolute Gasteiger partial charge is 0.509 e. The van der Waals surface area contributed by atoms with Crippen LogP contribution in [0.4, 0.5) is 17.1 Å². The third-order valence-corrected chi connectivity index (χ3v) is 20.1. The molecule has 5 atom stereocenters. The molecular formula is C65H89N9O8S2. The lowest BCUT2D eigenvalue weighted by Gasteiger charge is -2.30. The monoisotopic (exact) mass is 1190 g/mol. The van der Waals surface area contributed by atoms with Gasteiger partial charge in [-0.05, 0) is 117 Å². The smallest absolute Gasteiger partial charge is 0.276 e. The molecule has 84 heavy (non-hydrogen) atoms. The lowest BCUT2D eigenvalue weighted by atomic mass is 9.81. The van der Waals surface area contributed by atoms with Crippen molar-refractivity contribution in [3.05, 3.63) is 122 Å². The fraction of sp³-hybridized carbons (Fsp3) is 0.538. The fourth-order valence-corrected chi connectivity index (χ4v) is 14.1. The molecule has 0 bridgehead atoms. The van der Waals surface area contributed by atoms with Crippen LogP contribution >= 0.6 is 0 Å². The Morgan fingerprint density at radius 2 is 1.01 bits per heavy atom. The molecule has 17 nitrogen and oxygen atoms in total. The number of rotatable bonds is 34. The van der Waals surface area contributed by atoms with Crippen LogP contribution in [0.15, 0.2) is 130 Å². The van der Waals surface area contributed by atoms with Gasteiger partial charge in [0.05, 0.1) is 26.9 Å². The van der Waals surface area contributed by atoms with Gasteiger partial charge >= 0.3 is 0 Å². The molecule has 5 rings (SSSR count). The first kappa shape index (κ1) is 68.1. The molecule has 3 aromatic carbocycles. The predicted octanol–water partition coefficient (Wildman–Crippen LogP) is 16.0. The van der Waals surface area contributed by atoms with Crippen LogP contribution in [0.1, 0.15) is 188 Å². The molecule has 0 amide bonds. The Morgan fingerprint density at radius 3 is 1.42 bits per heavy atom. The average molecular weight is 1190 g/mol. The van der Waals surface area contributed by atoms with Gasteiger partial charge in [0.1, 0.15) is 40.6 Å². The van der Waals surface area contributed by atoms with Gasteiger partial charge in [-0.2, -0.15) is 29.4 Å². The van der Waals surface area contributed by atoms with Crippen molar-refractivity contribution in [1.82, 2.24) is 13.2 Å². The van der Waals surface area contributed by atoms with Gasteiger partial charge in [0.2, 0.25) is 25.9 Å². The SMILES string of the molecule is CCCCC(CC)CN(CC(CC)CCCC)S(=O)(=O)c1cccc(/N=N/C2=C(O)C(c3cccc(-n4c(O)c(/N=N/c5cccc(S(=O)(=O)N(CC(CC)CCCC)CC(CC)CCCC)c5)c(C)c(C#N)c4=O)c3)C(=O)C(C#N)=C2C)c1. The van der Waals surface area contributed by atoms with E-state index in [9.17, 15) is 47.2 Å². The molecule has 1 aliphatic rings. The summed E-state index contributed by atoms with van der Waals surface area (Å²) in [6.45, 7) is 21.3. The second-order valence-electron chi connectivity index (χ2n) is 22.4. The summed E-state index contributed by atoms with van der Waals surface area (Å²) in [6.07, 6.45) is 15.0. The molecule has 1 aromatic heterocycles. The van der Waals surface area contributed by atoms with Crippen molar-refractivity contribution < 1.29 is 31.8 Å². The van der Waals surface area contributed by atoms with E-state index in [-0.39, 0.29) is 89.7 Å². The molecule has 0 saturated carbocycles. The number of aliphatic hydroxyl groups is 1. The first-order valence-electron chi connectivity index (χ1n) is 30.4. The molecule has 0 saturated heterocycles. The maximum absolute atomic E-state index is 14.6. The lowest BCUT2D eigenvalue weighted by Crippen LogP contribution is -2.39. The summed E-state index contributed by atoms with van der Waals surface area (Å²) in [7, 11) is -8.03. The van der Waals surface area contributed by atoms with E-state index in [1.165, 1.54) is 62.4 Å². The highest BCUT2D eigenvalue weighted by Gasteiger charge is 2.38. The van der Waals surface area contributed by atoms with Crippen molar-refractivity contribution in [3.8, 4) is 23.7 Å². The molecule has 0 aliphatic heterocycles. The number of aromatic hydroxyl groups is 1. The van der Waals surface area contributed by atoms with E-state index in [2.05, 4.69) is 75.8 Å². The maximum Gasteiger partial charge on any atom is 0.276 e. The maximum atomic E-state index is 14.6. The number of allylic oxidation sites excluding steroid dienone is 3. The molecule has 1 aliphatic carbocycles. The van der Waals surface area contributed by atoms with E-state index in [4.69, 9.17) is 0 Å². The highest BCUT2D eigenvalue weighted by molar-refractivity contribution is 7.89. The van der Waals surface area contributed by atoms with Crippen LogP contribution in [0.2, 0.25) is 0 Å². The minimum atomic E-state index is -4.02. The number of azo groups is 2. The summed E-state index contributed by atoms with van der Waals surface area (Å²) in [4.78, 5) is 28.4. The lowest BCUT2D eigenvalue weighted by molar-refractivity contribution is -0.116. The number of unbranched alkanes of at least 4 members (excludes halogenated alkanes) is 4. The summed E-state index contributed by atoms with van der Waals surface area (Å²) in [6, 6.07) is 21.7. The third kappa shape index (κ3) is 16.8. The van der Waals surface area contributed by atoms with E-state index in [1.807, 2.05) is 12.1 Å². The van der Waals surface area contributed by atoms with Gasteiger partial charge < -0.3 is 10.2 Å². The molecule has 0 fully saturated rings. The Kier molecular flexibility index (Phi) is 26.4. The number of hydrogen-bond acceptors (Lipinski definition) is 14. The number of nitrogens with zero attached hydrogens (tertiary/aromatic N) is 9. The number of ketones is 1. The average Bonchev–Trinajstić information content (AvgIpc) is 3.06. The van der Waals surface area contributed by atoms with Gasteiger partial charge in [-0.15, -0.1) is 10.2 Å². The van der Waals surface area contributed by atoms with Crippen molar-refractivity contribution in [2.24, 2.45) is 44.1 Å². The Labute approximate surface area is 500 Å². The van der Waals surface area contributed by atoms with E-state index < -0.39 is 48.9 Å². The van der Waals surface area contributed by atoms with Gasteiger partial charge in [0, 0.05) is 37.3 Å². The van der Waals surface area contributed by atoms with Crippen LogP contribution in [0.5, 0.6) is 5.88 Å². The highest BCUT2D eigenvalue weighted by Crippen LogP contribution is 2.41. The van der Waals surface area contributed by atoms with E-state index in [0.717, 1.165) is 107 Å². The molecule has 0 spiro atoms. The van der Waals surface area contributed by atoms with Crippen LogP contribution in [-0.2, 0) is 24.8 Å². The van der Waals surface area contributed by atoms with Gasteiger partial charge in [0.25, 0.3) is 5.56 Å². The van der Waals surface area contributed by atoms with Gasteiger partial charge in [0.15, 0.2) is 11.5 Å².